The van der Waals surface area contributed by atoms with E-state index in [0.29, 0.717) is 5.92 Å². The van der Waals surface area contributed by atoms with Crippen LogP contribution in [0.25, 0.3) is 0 Å². The first-order chi connectivity index (χ1) is 9.83. The van der Waals surface area contributed by atoms with Crippen molar-refractivity contribution in [3.63, 3.8) is 0 Å². The van der Waals surface area contributed by atoms with Crippen molar-refractivity contribution in [2.45, 2.75) is 31.6 Å². The van der Waals surface area contributed by atoms with Crippen LogP contribution >= 0.6 is 0 Å². The number of hydrogen-bond donors (Lipinski definition) is 1. The van der Waals surface area contributed by atoms with E-state index in [1.165, 1.54) is 50.0 Å². The number of fused-ring (bicyclic) bond motifs is 3. The largest absolute Gasteiger partial charge is 0.496 e. The monoisotopic (exact) mass is 274 g/mol. The topological polar surface area (TPSA) is 38.5 Å². The Morgan fingerprint density at radius 1 is 1.30 bits per heavy atom. The average Bonchev–Trinajstić information content (AvgIpc) is 2.89. The van der Waals surface area contributed by atoms with E-state index in [2.05, 4.69) is 23.1 Å². The zero-order valence-corrected chi connectivity index (χ0v) is 12.5. The van der Waals surface area contributed by atoms with E-state index in [0.717, 1.165) is 24.6 Å². The molecule has 1 heterocycles. The van der Waals surface area contributed by atoms with Gasteiger partial charge in [-0.3, -0.25) is 0 Å². The van der Waals surface area contributed by atoms with Crippen molar-refractivity contribution in [1.29, 1.82) is 0 Å². The van der Waals surface area contributed by atoms with Crippen LogP contribution in [0.1, 0.15) is 36.3 Å². The number of unbranched alkanes of at least 4 members (excludes halogenated alkanes) is 1. The average molecular weight is 274 g/mol. The zero-order valence-electron chi connectivity index (χ0n) is 12.5. The maximum atomic E-state index is 5.62. The van der Waals surface area contributed by atoms with Gasteiger partial charge in [0, 0.05) is 24.6 Å². The molecule has 1 aliphatic carbocycles. The van der Waals surface area contributed by atoms with E-state index < -0.39 is 0 Å². The summed E-state index contributed by atoms with van der Waals surface area (Å²) in [6.45, 7) is 4.47. The second-order valence-electron chi connectivity index (χ2n) is 6.19. The Morgan fingerprint density at radius 2 is 2.20 bits per heavy atom. The van der Waals surface area contributed by atoms with Gasteiger partial charge in [0.25, 0.3) is 0 Å². The molecule has 3 heteroatoms. The van der Waals surface area contributed by atoms with Crippen molar-refractivity contribution in [1.82, 2.24) is 4.90 Å². The van der Waals surface area contributed by atoms with Crippen LogP contribution in [0.5, 0.6) is 5.75 Å². The molecule has 3 rings (SSSR count). The Kier molecular flexibility index (Phi) is 4.27. The van der Waals surface area contributed by atoms with Gasteiger partial charge in [-0.15, -0.1) is 0 Å². The molecule has 3 nitrogen and oxygen atoms in total. The number of hydrogen-bond acceptors (Lipinski definition) is 3. The molecular formula is C17H26N2O. The van der Waals surface area contributed by atoms with Crippen molar-refractivity contribution >= 4 is 0 Å². The fourth-order valence-corrected chi connectivity index (χ4v) is 3.99. The number of rotatable bonds is 5. The molecule has 1 saturated heterocycles. The van der Waals surface area contributed by atoms with Gasteiger partial charge < -0.3 is 15.4 Å². The predicted octanol–water partition coefficient (Wildman–Crippen LogP) is 2.40. The third-order valence-corrected chi connectivity index (χ3v) is 4.98. The first kappa shape index (κ1) is 13.9. The van der Waals surface area contributed by atoms with Crippen LogP contribution in [0, 0.1) is 5.92 Å². The van der Waals surface area contributed by atoms with Crippen molar-refractivity contribution in [2.24, 2.45) is 11.7 Å². The molecule has 0 aromatic heterocycles. The first-order valence-corrected chi connectivity index (χ1v) is 7.91. The summed E-state index contributed by atoms with van der Waals surface area (Å²) in [7, 11) is 1.80. The molecule has 0 unspecified atom stereocenters. The van der Waals surface area contributed by atoms with Gasteiger partial charge in [0.05, 0.1) is 7.11 Å². The minimum Gasteiger partial charge on any atom is -0.496 e. The first-order valence-electron chi connectivity index (χ1n) is 7.91. The van der Waals surface area contributed by atoms with Crippen LogP contribution in [0.15, 0.2) is 18.2 Å². The summed E-state index contributed by atoms with van der Waals surface area (Å²) < 4.78 is 5.62. The lowest BCUT2D eigenvalue weighted by Gasteiger charge is -2.28. The Labute approximate surface area is 122 Å². The number of benzene rings is 1. The van der Waals surface area contributed by atoms with E-state index in [1.54, 1.807) is 7.11 Å². The summed E-state index contributed by atoms with van der Waals surface area (Å²) in [5.41, 5.74) is 8.60. The number of nitrogens with two attached hydrogens (primary N) is 1. The third-order valence-electron chi connectivity index (χ3n) is 4.98. The van der Waals surface area contributed by atoms with Gasteiger partial charge in [0.15, 0.2) is 0 Å². The van der Waals surface area contributed by atoms with E-state index in [-0.39, 0.29) is 0 Å². The van der Waals surface area contributed by atoms with Gasteiger partial charge in [0.1, 0.15) is 5.75 Å². The highest BCUT2D eigenvalue weighted by molar-refractivity contribution is 5.45. The highest BCUT2D eigenvalue weighted by Gasteiger charge is 2.38. The summed E-state index contributed by atoms with van der Waals surface area (Å²) in [5, 5.41) is 0. The molecule has 1 fully saturated rings. The second kappa shape index (κ2) is 6.15. The Morgan fingerprint density at radius 3 is 3.00 bits per heavy atom. The summed E-state index contributed by atoms with van der Waals surface area (Å²) >= 11 is 0. The molecule has 0 amide bonds. The molecule has 20 heavy (non-hydrogen) atoms. The van der Waals surface area contributed by atoms with E-state index >= 15 is 0 Å². The molecule has 0 bridgehead atoms. The van der Waals surface area contributed by atoms with Gasteiger partial charge in [0.2, 0.25) is 0 Å². The standard InChI is InChI=1S/C17H26N2O/c1-20-16-6-4-5-13-7-8-14-11-19(10-3-2-9-18)12-15(14)17(13)16/h4-6,14-15H,2-3,7-12,18H2,1H3/t14-,15+/m0/s1. The minimum atomic E-state index is 0.674. The van der Waals surface area contributed by atoms with E-state index in [1.807, 2.05) is 0 Å². The summed E-state index contributed by atoms with van der Waals surface area (Å²) in [6, 6.07) is 6.54. The SMILES string of the molecule is COc1cccc2c1[C@@H]1CN(CCCCN)C[C@@H]1CC2. The molecule has 2 atom stereocenters. The van der Waals surface area contributed by atoms with Crippen LogP contribution < -0.4 is 10.5 Å². The second-order valence-corrected chi connectivity index (χ2v) is 6.19. The van der Waals surface area contributed by atoms with Crippen LogP contribution in [0.4, 0.5) is 0 Å². The normalized spacial score (nSPS) is 25.3. The molecule has 1 aromatic carbocycles. The molecule has 0 saturated carbocycles. The van der Waals surface area contributed by atoms with E-state index in [4.69, 9.17) is 10.5 Å². The molecule has 0 spiro atoms. The maximum absolute atomic E-state index is 5.62. The number of nitrogens with zero attached hydrogens (tertiary/aromatic N) is 1. The van der Waals surface area contributed by atoms with Crippen LogP contribution in [-0.4, -0.2) is 38.2 Å². The van der Waals surface area contributed by atoms with Gasteiger partial charge in [-0.25, -0.2) is 0 Å². The lowest BCUT2D eigenvalue weighted by atomic mass is 9.76. The maximum Gasteiger partial charge on any atom is 0.122 e. The van der Waals surface area contributed by atoms with Gasteiger partial charge >= 0.3 is 0 Å². The molecule has 1 aromatic rings. The smallest absolute Gasteiger partial charge is 0.122 e. The van der Waals surface area contributed by atoms with Crippen molar-refractivity contribution in [3.05, 3.63) is 29.3 Å². The van der Waals surface area contributed by atoms with Crippen molar-refractivity contribution in [3.8, 4) is 5.75 Å². The lowest BCUT2D eigenvalue weighted by molar-refractivity contribution is 0.314. The highest BCUT2D eigenvalue weighted by Crippen LogP contribution is 2.45. The van der Waals surface area contributed by atoms with Gasteiger partial charge in [-0.2, -0.15) is 0 Å². The molecule has 2 N–H and O–H groups in total. The molecule has 110 valence electrons. The molecule has 0 radical (unpaired) electrons. The molecule has 1 aliphatic heterocycles. The Hall–Kier alpha value is -1.06. The van der Waals surface area contributed by atoms with Crippen LogP contribution in [0.3, 0.4) is 0 Å². The fourth-order valence-electron chi connectivity index (χ4n) is 3.99. The van der Waals surface area contributed by atoms with Crippen LogP contribution in [-0.2, 0) is 6.42 Å². The summed E-state index contributed by atoms with van der Waals surface area (Å²) in [4.78, 5) is 2.63. The Bertz CT molecular complexity index is 446. The quantitative estimate of drug-likeness (QED) is 0.838. The Balaban J connectivity index is 1.75. The fraction of sp³-hybridized carbons (Fsp3) is 0.647. The number of ether oxygens (including phenoxy) is 1. The molecule has 2 aliphatic rings. The van der Waals surface area contributed by atoms with Crippen LogP contribution in [0.2, 0.25) is 0 Å². The van der Waals surface area contributed by atoms with Gasteiger partial charge in [-0.05, 0) is 56.3 Å². The minimum absolute atomic E-state index is 0.674. The van der Waals surface area contributed by atoms with Crippen molar-refractivity contribution < 1.29 is 4.74 Å². The highest BCUT2D eigenvalue weighted by atomic mass is 16.5. The van der Waals surface area contributed by atoms with E-state index in [9.17, 15) is 0 Å². The summed E-state index contributed by atoms with van der Waals surface area (Å²) in [5.74, 6) is 2.59. The summed E-state index contributed by atoms with van der Waals surface area (Å²) in [6.07, 6.45) is 4.92. The number of likely N-dealkylation sites (tertiary alicyclic amines) is 1. The molecular weight excluding hydrogens is 248 g/mol. The zero-order chi connectivity index (χ0) is 13.9. The predicted molar refractivity (Wildman–Crippen MR) is 82.3 cm³/mol. The lowest BCUT2D eigenvalue weighted by Crippen LogP contribution is -2.22. The van der Waals surface area contributed by atoms with Crippen molar-refractivity contribution in [2.75, 3.05) is 33.3 Å². The third kappa shape index (κ3) is 2.57. The van der Waals surface area contributed by atoms with Gasteiger partial charge in [-0.1, -0.05) is 12.1 Å². The number of aryl methyl sites for hydroxylation is 1. The number of methoxy groups -OCH3 is 1.